The summed E-state index contributed by atoms with van der Waals surface area (Å²) in [4.78, 5) is 57.9. The van der Waals surface area contributed by atoms with Crippen LogP contribution >= 0.6 is 7.82 Å². The quantitative estimate of drug-likeness (QED) is 0.0553. The van der Waals surface area contributed by atoms with Crippen LogP contribution in [0.5, 0.6) is 5.75 Å². The monoisotopic (exact) mass is 701 g/mol. The molecule has 0 atom stereocenters. The molecule has 0 saturated heterocycles. The van der Waals surface area contributed by atoms with Crippen LogP contribution in [0.2, 0.25) is 0 Å². The van der Waals surface area contributed by atoms with E-state index < -0.39 is 19.7 Å². The predicted octanol–water partition coefficient (Wildman–Crippen LogP) is 3.95. The van der Waals surface area contributed by atoms with Gasteiger partial charge in [-0.25, -0.2) is 13.9 Å². The molecule has 2 aliphatic rings. The van der Waals surface area contributed by atoms with E-state index in [4.69, 9.17) is 14.2 Å². The first-order chi connectivity index (χ1) is 23.7. The lowest BCUT2D eigenvalue weighted by atomic mass is 9.89. The summed E-state index contributed by atoms with van der Waals surface area (Å²) in [6.07, 6.45) is 0.542. The lowest BCUT2D eigenvalue weighted by Crippen LogP contribution is -2.34. The molecule has 50 heavy (non-hydrogen) atoms. The van der Waals surface area contributed by atoms with Crippen molar-refractivity contribution in [3.8, 4) is 28.2 Å². The number of phosphoric ester groups is 1. The minimum absolute atomic E-state index is 0.0187. The number of aromatic carboxylic acids is 1. The van der Waals surface area contributed by atoms with Crippen LogP contribution in [0.1, 0.15) is 32.7 Å². The average molecular weight is 702 g/mol. The first kappa shape index (κ1) is 35.8. The van der Waals surface area contributed by atoms with Crippen molar-refractivity contribution in [3.63, 3.8) is 0 Å². The smallest absolute Gasteiger partial charge is 0.478 e. The summed E-state index contributed by atoms with van der Waals surface area (Å²) in [5.41, 5.74) is 4.19. The van der Waals surface area contributed by atoms with Crippen LogP contribution < -0.4 is 30.0 Å². The maximum Gasteiger partial charge on any atom is 0.524 e. The molecular weight excluding hydrogens is 663 g/mol. The molecule has 0 fully saturated rings. The topological polar surface area (TPSA) is 182 Å². The third kappa shape index (κ3) is 8.56. The number of aryl methyl sites for hydroxylation is 1. The summed E-state index contributed by atoms with van der Waals surface area (Å²) in [5, 5.41) is 17.3. The molecule has 0 saturated carbocycles. The number of fused-ring (bicyclic) bond motifs is 2. The Morgan fingerprint density at radius 2 is 1.60 bits per heavy atom. The number of amides is 2. The fraction of sp³-hybridized carbons (Fsp3) is 0.222. The van der Waals surface area contributed by atoms with E-state index in [1.807, 2.05) is 74.1 Å². The molecule has 260 valence electrons. The molecule has 2 amide bonds. The fourth-order valence-corrected chi connectivity index (χ4v) is 5.87. The first-order valence-corrected chi connectivity index (χ1v) is 17.2. The second-order valence-electron chi connectivity index (χ2n) is 12.0. The van der Waals surface area contributed by atoms with Crippen molar-refractivity contribution in [2.24, 2.45) is 0 Å². The number of carbonyl (C=O) groups excluding carboxylic acids is 2. The Hall–Kier alpha value is -5.49. The summed E-state index contributed by atoms with van der Waals surface area (Å²) >= 11 is 0. The number of carboxylic acids is 1. The standard InChI is InChI=1S/C36H37N4O9P/c1-39(2)24-9-14-28-31(20-24)48-32-21-25(40(3)4)10-15-29(32)34(28)30-19-23(8-13-27(30)36(43)44)35(42)38-18-17-37-33(41)16-7-22-5-11-26(12-6-22)49-50(45,46)47/h5-6,8-15,19-21H,7,16-18H2,1-4H3,(H4-,37,38,41,42,43,44,45,46,47)/p+1. The van der Waals surface area contributed by atoms with Gasteiger partial charge < -0.3 is 29.6 Å². The number of hydrogen-bond acceptors (Lipinski definition) is 7. The zero-order valence-corrected chi connectivity index (χ0v) is 28.9. The Labute approximate surface area is 288 Å². The van der Waals surface area contributed by atoms with E-state index in [1.54, 1.807) is 18.2 Å². The first-order valence-electron chi connectivity index (χ1n) is 15.6. The van der Waals surface area contributed by atoms with Crippen LogP contribution in [0, 0.1) is 0 Å². The number of rotatable bonds is 12. The van der Waals surface area contributed by atoms with Crippen LogP contribution in [-0.4, -0.2) is 74.0 Å². The van der Waals surface area contributed by atoms with Gasteiger partial charge in [-0.3, -0.25) is 19.4 Å². The van der Waals surface area contributed by atoms with Crippen molar-refractivity contribution in [2.45, 2.75) is 12.8 Å². The molecule has 3 aromatic carbocycles. The van der Waals surface area contributed by atoms with Gasteiger partial charge in [-0.1, -0.05) is 12.1 Å². The van der Waals surface area contributed by atoms with Crippen molar-refractivity contribution >= 4 is 42.3 Å². The SMILES string of the molecule is CN(C)c1ccc2c(-c3cc(C(=O)NCCNC(=O)CCc4ccc(OP(=O)(O)O)cc4)ccc3C(=O)O)c3ccc(=[N+](C)C)cc-3oc2c1. The lowest BCUT2D eigenvalue weighted by Gasteiger charge is -2.19. The Balaban J connectivity index is 1.33. The van der Waals surface area contributed by atoms with Gasteiger partial charge in [-0.15, -0.1) is 0 Å². The molecule has 1 heterocycles. The Morgan fingerprint density at radius 3 is 2.26 bits per heavy atom. The number of anilines is 1. The lowest BCUT2D eigenvalue weighted by molar-refractivity contribution is -0.121. The highest BCUT2D eigenvalue weighted by Gasteiger charge is 2.24. The van der Waals surface area contributed by atoms with Crippen molar-refractivity contribution in [1.29, 1.82) is 0 Å². The molecule has 13 nitrogen and oxygen atoms in total. The molecule has 0 radical (unpaired) electrons. The Kier molecular flexibility index (Phi) is 10.7. The number of nitrogens with zero attached hydrogens (tertiary/aromatic N) is 2. The number of hydrogen-bond donors (Lipinski definition) is 5. The summed E-state index contributed by atoms with van der Waals surface area (Å²) in [5.74, 6) is -1.25. The van der Waals surface area contributed by atoms with E-state index in [9.17, 15) is 24.1 Å². The maximum absolute atomic E-state index is 13.3. The van der Waals surface area contributed by atoms with Gasteiger partial charge in [0.15, 0.2) is 0 Å². The molecule has 0 bridgehead atoms. The molecule has 5 N–H and O–H groups in total. The molecule has 0 spiro atoms. The highest BCUT2D eigenvalue weighted by Crippen LogP contribution is 2.42. The van der Waals surface area contributed by atoms with Crippen LogP contribution in [0.3, 0.4) is 0 Å². The van der Waals surface area contributed by atoms with Crippen LogP contribution in [0.15, 0.2) is 83.3 Å². The molecular formula is C36H38N4O9P+. The second-order valence-corrected chi connectivity index (χ2v) is 13.2. The van der Waals surface area contributed by atoms with Gasteiger partial charge in [0.2, 0.25) is 11.3 Å². The van der Waals surface area contributed by atoms with Gasteiger partial charge in [0, 0.05) is 73.5 Å². The minimum Gasteiger partial charge on any atom is -0.478 e. The minimum atomic E-state index is -4.65. The van der Waals surface area contributed by atoms with Crippen molar-refractivity contribution in [2.75, 3.05) is 46.2 Å². The molecule has 0 unspecified atom stereocenters. The van der Waals surface area contributed by atoms with Gasteiger partial charge in [0.05, 0.1) is 11.6 Å². The molecule has 14 heteroatoms. The van der Waals surface area contributed by atoms with E-state index in [0.717, 1.165) is 16.6 Å². The molecule has 1 aliphatic carbocycles. The van der Waals surface area contributed by atoms with Gasteiger partial charge in [0.25, 0.3) is 5.91 Å². The normalized spacial score (nSPS) is 11.3. The van der Waals surface area contributed by atoms with Crippen molar-refractivity contribution in [3.05, 3.63) is 101 Å². The number of nitrogens with one attached hydrogen (secondary N) is 2. The van der Waals surface area contributed by atoms with Gasteiger partial charge in [-0.05, 0) is 66.1 Å². The van der Waals surface area contributed by atoms with Crippen LogP contribution in [0.25, 0.3) is 33.4 Å². The Morgan fingerprint density at radius 1 is 0.880 bits per heavy atom. The summed E-state index contributed by atoms with van der Waals surface area (Å²) in [6, 6.07) is 21.9. The van der Waals surface area contributed by atoms with Crippen LogP contribution in [-0.2, 0) is 15.8 Å². The van der Waals surface area contributed by atoms with E-state index in [-0.39, 0.29) is 42.3 Å². The van der Waals surface area contributed by atoms with Gasteiger partial charge in [-0.2, -0.15) is 0 Å². The average Bonchev–Trinajstić information content (AvgIpc) is 3.07. The van der Waals surface area contributed by atoms with E-state index in [0.29, 0.717) is 39.8 Å². The molecule has 1 aliphatic heterocycles. The predicted molar refractivity (Wildman–Crippen MR) is 189 cm³/mol. The summed E-state index contributed by atoms with van der Waals surface area (Å²) in [6.45, 7) is 0.295. The van der Waals surface area contributed by atoms with E-state index >= 15 is 0 Å². The summed E-state index contributed by atoms with van der Waals surface area (Å²) < 4.78 is 23.8. The fourth-order valence-electron chi connectivity index (χ4n) is 5.47. The number of benzene rings is 4. The molecule has 3 aromatic rings. The highest BCUT2D eigenvalue weighted by molar-refractivity contribution is 7.46. The third-order valence-corrected chi connectivity index (χ3v) is 8.47. The third-order valence-electron chi connectivity index (χ3n) is 8.02. The van der Waals surface area contributed by atoms with Crippen molar-refractivity contribution in [1.82, 2.24) is 15.2 Å². The number of phosphoric acid groups is 1. The maximum atomic E-state index is 13.3. The van der Waals surface area contributed by atoms with Gasteiger partial charge >= 0.3 is 13.8 Å². The van der Waals surface area contributed by atoms with E-state index in [2.05, 4.69) is 15.2 Å². The second kappa shape index (κ2) is 15.0. The van der Waals surface area contributed by atoms with E-state index in [1.165, 1.54) is 24.3 Å². The largest absolute Gasteiger partial charge is 0.524 e. The highest BCUT2D eigenvalue weighted by atomic mass is 31.2. The summed E-state index contributed by atoms with van der Waals surface area (Å²) in [7, 11) is 3.02. The molecule has 0 aromatic heterocycles. The zero-order valence-electron chi connectivity index (χ0n) is 28.0. The zero-order chi connectivity index (χ0) is 36.2. The van der Waals surface area contributed by atoms with Crippen molar-refractivity contribution < 1.29 is 42.8 Å². The number of carbonyl (C=O) groups is 3. The van der Waals surface area contributed by atoms with Gasteiger partial charge in [0.1, 0.15) is 31.2 Å². The van der Waals surface area contributed by atoms with Crippen LogP contribution in [0.4, 0.5) is 5.69 Å². The molecule has 5 rings (SSSR count). The number of carboxylic acid groups (broad SMARTS) is 1. The Bertz CT molecular complexity index is 2170.